The van der Waals surface area contributed by atoms with E-state index in [2.05, 4.69) is 4.98 Å². The van der Waals surface area contributed by atoms with E-state index < -0.39 is 0 Å². The molecule has 1 aromatic heterocycles. The van der Waals surface area contributed by atoms with E-state index in [0.29, 0.717) is 11.6 Å². The molecule has 0 aliphatic rings. The normalized spacial score (nSPS) is 10.2. The van der Waals surface area contributed by atoms with Crippen molar-refractivity contribution in [2.75, 3.05) is 18.5 Å². The number of halogens is 1. The summed E-state index contributed by atoms with van der Waals surface area (Å²) in [5.41, 5.74) is 6.47. The maximum Gasteiger partial charge on any atom is 0.147 e. The summed E-state index contributed by atoms with van der Waals surface area (Å²) < 4.78 is 0. The predicted octanol–water partition coefficient (Wildman–Crippen LogP) is 1.65. The summed E-state index contributed by atoms with van der Waals surface area (Å²) in [5, 5.41) is 0.661. The maximum absolute atomic E-state index is 6.10. The van der Waals surface area contributed by atoms with Gasteiger partial charge in [0, 0.05) is 26.3 Å². The van der Waals surface area contributed by atoms with Crippen LogP contribution in [0.1, 0.15) is 12.5 Å². The first-order chi connectivity index (χ1) is 6.20. The largest absolute Gasteiger partial charge is 0.359 e. The summed E-state index contributed by atoms with van der Waals surface area (Å²) >= 11 is 6.10. The fourth-order valence-corrected chi connectivity index (χ4v) is 1.38. The van der Waals surface area contributed by atoms with E-state index in [4.69, 9.17) is 17.3 Å². The molecule has 1 heterocycles. The van der Waals surface area contributed by atoms with Gasteiger partial charge in [0.05, 0.1) is 5.02 Å². The van der Waals surface area contributed by atoms with Gasteiger partial charge in [-0.1, -0.05) is 11.6 Å². The Balaban J connectivity index is 3.08. The van der Waals surface area contributed by atoms with Crippen LogP contribution in [0.3, 0.4) is 0 Å². The van der Waals surface area contributed by atoms with E-state index in [1.54, 1.807) is 6.20 Å². The number of hydrogen-bond acceptors (Lipinski definition) is 3. The van der Waals surface area contributed by atoms with Gasteiger partial charge in [-0.15, -0.1) is 0 Å². The highest BCUT2D eigenvalue weighted by Crippen LogP contribution is 2.25. The highest BCUT2D eigenvalue weighted by Gasteiger charge is 2.08. The van der Waals surface area contributed by atoms with Gasteiger partial charge < -0.3 is 10.6 Å². The van der Waals surface area contributed by atoms with Crippen LogP contribution in [-0.2, 0) is 6.54 Å². The number of rotatable bonds is 3. The van der Waals surface area contributed by atoms with Crippen molar-refractivity contribution in [2.24, 2.45) is 5.73 Å². The monoisotopic (exact) mass is 199 g/mol. The molecule has 0 aliphatic heterocycles. The Bertz CT molecular complexity index is 288. The minimum atomic E-state index is 0.450. The van der Waals surface area contributed by atoms with Crippen LogP contribution in [0.2, 0.25) is 5.02 Å². The average Bonchev–Trinajstić information content (AvgIpc) is 2.17. The number of aromatic nitrogens is 1. The molecule has 0 radical (unpaired) electrons. The molecule has 2 N–H and O–H groups in total. The van der Waals surface area contributed by atoms with E-state index in [1.165, 1.54) is 0 Å². The molecule has 0 aromatic carbocycles. The van der Waals surface area contributed by atoms with Crippen molar-refractivity contribution in [2.45, 2.75) is 13.5 Å². The second-order valence-electron chi connectivity index (χ2n) is 2.83. The van der Waals surface area contributed by atoms with E-state index >= 15 is 0 Å². The molecular weight excluding hydrogens is 186 g/mol. The lowest BCUT2D eigenvalue weighted by molar-refractivity contribution is 0.930. The molecule has 0 bridgehead atoms. The van der Waals surface area contributed by atoms with Crippen LogP contribution in [0.4, 0.5) is 5.82 Å². The van der Waals surface area contributed by atoms with Gasteiger partial charge in [0.2, 0.25) is 0 Å². The van der Waals surface area contributed by atoms with Gasteiger partial charge in [-0.3, -0.25) is 0 Å². The molecule has 0 aliphatic carbocycles. The fraction of sp³-hybridized carbons (Fsp3) is 0.444. The predicted molar refractivity (Wildman–Crippen MR) is 56.1 cm³/mol. The van der Waals surface area contributed by atoms with Crippen molar-refractivity contribution in [1.82, 2.24) is 4.98 Å². The van der Waals surface area contributed by atoms with Crippen molar-refractivity contribution in [3.8, 4) is 0 Å². The molecule has 4 heteroatoms. The van der Waals surface area contributed by atoms with Crippen LogP contribution in [0, 0.1) is 0 Å². The van der Waals surface area contributed by atoms with Crippen LogP contribution < -0.4 is 10.6 Å². The van der Waals surface area contributed by atoms with Crippen molar-refractivity contribution < 1.29 is 0 Å². The van der Waals surface area contributed by atoms with Gasteiger partial charge in [0.25, 0.3) is 0 Å². The second kappa shape index (κ2) is 4.44. The Kier molecular flexibility index (Phi) is 3.51. The van der Waals surface area contributed by atoms with Gasteiger partial charge in [-0.05, 0) is 18.6 Å². The van der Waals surface area contributed by atoms with Crippen LogP contribution in [0.15, 0.2) is 12.3 Å². The van der Waals surface area contributed by atoms with E-state index in [-0.39, 0.29) is 0 Å². The van der Waals surface area contributed by atoms with E-state index in [9.17, 15) is 0 Å². The summed E-state index contributed by atoms with van der Waals surface area (Å²) in [6, 6.07) is 1.84. The van der Waals surface area contributed by atoms with E-state index in [0.717, 1.165) is 17.9 Å². The minimum absolute atomic E-state index is 0.450. The summed E-state index contributed by atoms with van der Waals surface area (Å²) in [5.74, 6) is 0.798. The maximum atomic E-state index is 6.10. The molecule has 3 nitrogen and oxygen atoms in total. The average molecular weight is 200 g/mol. The third-order valence-corrected chi connectivity index (χ3v) is 2.42. The van der Waals surface area contributed by atoms with Gasteiger partial charge in [-0.25, -0.2) is 4.98 Å². The van der Waals surface area contributed by atoms with Crippen LogP contribution >= 0.6 is 11.6 Å². The Labute approximate surface area is 83.5 Å². The Hall–Kier alpha value is -0.800. The van der Waals surface area contributed by atoms with Crippen molar-refractivity contribution in [3.05, 3.63) is 22.8 Å². The summed E-state index contributed by atoms with van der Waals surface area (Å²) in [7, 11) is 1.95. The molecule has 0 saturated carbocycles. The zero-order valence-corrected chi connectivity index (χ0v) is 8.67. The lowest BCUT2D eigenvalue weighted by Gasteiger charge is -2.17. The Morgan fingerprint density at radius 3 is 2.85 bits per heavy atom. The summed E-state index contributed by atoms with van der Waals surface area (Å²) in [4.78, 5) is 6.18. The molecule has 0 spiro atoms. The molecule has 0 fully saturated rings. The zero-order valence-electron chi connectivity index (χ0n) is 7.92. The van der Waals surface area contributed by atoms with Gasteiger partial charge >= 0.3 is 0 Å². The molecule has 1 rings (SSSR count). The highest BCUT2D eigenvalue weighted by molar-refractivity contribution is 6.33. The molecule has 13 heavy (non-hydrogen) atoms. The SMILES string of the molecule is CCN(C)c1nccc(CN)c1Cl. The fourth-order valence-electron chi connectivity index (χ4n) is 1.04. The van der Waals surface area contributed by atoms with Gasteiger partial charge in [0.1, 0.15) is 5.82 Å². The quantitative estimate of drug-likeness (QED) is 0.805. The Morgan fingerprint density at radius 2 is 2.31 bits per heavy atom. The lowest BCUT2D eigenvalue weighted by atomic mass is 10.2. The number of anilines is 1. The minimum Gasteiger partial charge on any atom is -0.359 e. The smallest absolute Gasteiger partial charge is 0.147 e. The van der Waals surface area contributed by atoms with Crippen molar-refractivity contribution >= 4 is 17.4 Å². The molecule has 1 aromatic rings. The summed E-state index contributed by atoms with van der Waals surface area (Å²) in [6.07, 6.45) is 1.73. The third kappa shape index (κ3) is 2.11. The molecular formula is C9H14ClN3. The van der Waals surface area contributed by atoms with Crippen LogP contribution in [-0.4, -0.2) is 18.6 Å². The standard InChI is InChI=1S/C9H14ClN3/c1-3-13(2)9-8(10)7(6-11)4-5-12-9/h4-5H,3,6,11H2,1-2H3. The molecule has 0 atom stereocenters. The third-order valence-electron chi connectivity index (χ3n) is 2.01. The number of nitrogens with zero attached hydrogens (tertiary/aromatic N) is 2. The molecule has 0 amide bonds. The van der Waals surface area contributed by atoms with Gasteiger partial charge in [-0.2, -0.15) is 0 Å². The second-order valence-corrected chi connectivity index (χ2v) is 3.20. The first-order valence-corrected chi connectivity index (χ1v) is 4.63. The number of hydrogen-bond donors (Lipinski definition) is 1. The van der Waals surface area contributed by atoms with Crippen molar-refractivity contribution in [3.63, 3.8) is 0 Å². The van der Waals surface area contributed by atoms with Crippen molar-refractivity contribution in [1.29, 1.82) is 0 Å². The first-order valence-electron chi connectivity index (χ1n) is 4.25. The first kappa shape index (κ1) is 10.3. The van der Waals surface area contributed by atoms with E-state index in [1.807, 2.05) is 24.9 Å². The van der Waals surface area contributed by atoms with Crippen LogP contribution in [0.25, 0.3) is 0 Å². The molecule has 0 saturated heterocycles. The number of nitrogens with two attached hydrogens (primary N) is 1. The molecule has 0 unspecified atom stereocenters. The lowest BCUT2D eigenvalue weighted by Crippen LogP contribution is -2.18. The Morgan fingerprint density at radius 1 is 1.62 bits per heavy atom. The van der Waals surface area contributed by atoms with Gasteiger partial charge in [0.15, 0.2) is 0 Å². The summed E-state index contributed by atoms with van der Waals surface area (Å²) in [6.45, 7) is 3.37. The highest BCUT2D eigenvalue weighted by atomic mass is 35.5. The topological polar surface area (TPSA) is 42.2 Å². The molecule has 72 valence electrons. The van der Waals surface area contributed by atoms with Crippen LogP contribution in [0.5, 0.6) is 0 Å². The number of pyridine rings is 1. The zero-order chi connectivity index (χ0) is 9.84.